The van der Waals surface area contributed by atoms with E-state index in [4.69, 9.17) is 4.74 Å². The lowest BCUT2D eigenvalue weighted by Crippen LogP contribution is -2.03. The van der Waals surface area contributed by atoms with Gasteiger partial charge in [-0.05, 0) is 36.8 Å². The van der Waals surface area contributed by atoms with Gasteiger partial charge in [0.25, 0.3) is 0 Å². The molecular weight excluding hydrogens is 260 g/mol. The maximum atomic E-state index is 5.37. The Morgan fingerprint density at radius 2 is 1.81 bits per heavy atom. The van der Waals surface area contributed by atoms with Crippen molar-refractivity contribution < 1.29 is 4.74 Å². The van der Waals surface area contributed by atoms with Crippen molar-refractivity contribution in [3.05, 3.63) is 65.9 Å². The molecule has 3 rings (SSSR count). The molecule has 3 aromatic rings. The molecule has 0 saturated carbocycles. The van der Waals surface area contributed by atoms with E-state index in [-0.39, 0.29) is 0 Å². The Morgan fingerprint density at radius 3 is 2.67 bits per heavy atom. The first kappa shape index (κ1) is 13.4. The van der Waals surface area contributed by atoms with Crippen LogP contribution in [-0.2, 0) is 6.54 Å². The van der Waals surface area contributed by atoms with Crippen LogP contribution in [0.4, 0.5) is 5.69 Å². The van der Waals surface area contributed by atoms with Crippen LogP contribution in [-0.4, -0.2) is 12.1 Å². The second kappa shape index (κ2) is 5.83. The van der Waals surface area contributed by atoms with E-state index in [1.807, 2.05) is 43.3 Å². The van der Waals surface area contributed by atoms with Gasteiger partial charge >= 0.3 is 0 Å². The number of rotatable bonds is 4. The molecule has 1 heterocycles. The highest BCUT2D eigenvalue weighted by Gasteiger charge is 2.05. The van der Waals surface area contributed by atoms with Gasteiger partial charge in [0.15, 0.2) is 0 Å². The molecule has 0 aliphatic carbocycles. The van der Waals surface area contributed by atoms with E-state index in [1.165, 1.54) is 10.9 Å². The fourth-order valence-corrected chi connectivity index (χ4v) is 2.52. The Morgan fingerprint density at radius 1 is 1.05 bits per heavy atom. The third-order valence-electron chi connectivity index (χ3n) is 3.51. The van der Waals surface area contributed by atoms with Gasteiger partial charge in [-0.25, -0.2) is 0 Å². The fourth-order valence-electron chi connectivity index (χ4n) is 2.52. The van der Waals surface area contributed by atoms with Crippen molar-refractivity contribution in [2.45, 2.75) is 13.5 Å². The van der Waals surface area contributed by atoms with Crippen LogP contribution in [0, 0.1) is 6.92 Å². The van der Waals surface area contributed by atoms with Gasteiger partial charge < -0.3 is 10.1 Å². The summed E-state index contributed by atoms with van der Waals surface area (Å²) in [6.07, 6.45) is 0. The van der Waals surface area contributed by atoms with Gasteiger partial charge in [0.2, 0.25) is 0 Å². The van der Waals surface area contributed by atoms with E-state index in [0.29, 0.717) is 0 Å². The largest absolute Gasteiger partial charge is 0.495 e. The monoisotopic (exact) mass is 278 g/mol. The molecule has 0 unspecified atom stereocenters. The van der Waals surface area contributed by atoms with Crippen molar-refractivity contribution in [2.75, 3.05) is 12.4 Å². The number of anilines is 1. The van der Waals surface area contributed by atoms with Crippen molar-refractivity contribution in [3.63, 3.8) is 0 Å². The summed E-state index contributed by atoms with van der Waals surface area (Å²) in [6.45, 7) is 2.77. The molecule has 3 heteroatoms. The molecule has 1 N–H and O–H groups in total. The number of nitrogens with zero attached hydrogens (tertiary/aromatic N) is 1. The lowest BCUT2D eigenvalue weighted by Gasteiger charge is -2.13. The third kappa shape index (κ3) is 2.82. The molecule has 0 fully saturated rings. The highest BCUT2D eigenvalue weighted by molar-refractivity contribution is 5.82. The summed E-state index contributed by atoms with van der Waals surface area (Å²) in [4.78, 5) is 4.57. The quantitative estimate of drug-likeness (QED) is 0.778. The van der Waals surface area contributed by atoms with Crippen LogP contribution in [0.1, 0.15) is 11.3 Å². The molecule has 1 aromatic heterocycles. The van der Waals surface area contributed by atoms with E-state index < -0.39 is 0 Å². The Kier molecular flexibility index (Phi) is 3.73. The predicted octanol–water partition coefficient (Wildman–Crippen LogP) is 4.16. The Bertz CT molecular complexity index is 768. The van der Waals surface area contributed by atoms with E-state index in [9.17, 15) is 0 Å². The van der Waals surface area contributed by atoms with Crippen LogP contribution >= 0.6 is 0 Å². The molecule has 0 atom stereocenters. The van der Waals surface area contributed by atoms with Gasteiger partial charge in [-0.3, -0.25) is 4.98 Å². The van der Waals surface area contributed by atoms with Gasteiger partial charge in [0.05, 0.1) is 18.3 Å². The van der Waals surface area contributed by atoms with E-state index >= 15 is 0 Å². The highest BCUT2D eigenvalue weighted by atomic mass is 16.5. The van der Waals surface area contributed by atoms with Gasteiger partial charge in [-0.1, -0.05) is 30.3 Å². The van der Waals surface area contributed by atoms with Crippen LogP contribution in [0.15, 0.2) is 54.6 Å². The fraction of sp³-hybridized carbons (Fsp3) is 0.167. The van der Waals surface area contributed by atoms with Crippen molar-refractivity contribution in [2.24, 2.45) is 0 Å². The first-order valence-corrected chi connectivity index (χ1v) is 7.00. The number of ether oxygens (including phenoxy) is 1. The Balaban J connectivity index is 1.92. The van der Waals surface area contributed by atoms with Crippen LogP contribution < -0.4 is 10.1 Å². The average molecular weight is 278 g/mol. The molecule has 0 bridgehead atoms. The lowest BCUT2D eigenvalue weighted by atomic mass is 10.1. The smallest absolute Gasteiger partial charge is 0.141 e. The highest BCUT2D eigenvalue weighted by Crippen LogP contribution is 2.25. The maximum absolute atomic E-state index is 5.37. The van der Waals surface area contributed by atoms with Crippen LogP contribution in [0.3, 0.4) is 0 Å². The zero-order valence-corrected chi connectivity index (χ0v) is 12.3. The summed E-state index contributed by atoms with van der Waals surface area (Å²) in [7, 11) is 1.69. The minimum atomic E-state index is 0.740. The lowest BCUT2D eigenvalue weighted by molar-refractivity contribution is 0.416. The SMILES string of the molecule is COc1ccccc1NCc1cc(C)nc2ccccc12. The van der Waals surface area contributed by atoms with Gasteiger partial charge in [-0.15, -0.1) is 0 Å². The van der Waals surface area contributed by atoms with Gasteiger partial charge in [0.1, 0.15) is 5.75 Å². The zero-order chi connectivity index (χ0) is 14.7. The van der Waals surface area contributed by atoms with Crippen molar-refractivity contribution in [3.8, 4) is 5.75 Å². The number of hydrogen-bond donors (Lipinski definition) is 1. The summed E-state index contributed by atoms with van der Waals surface area (Å²) >= 11 is 0. The molecule has 0 saturated heterocycles. The molecule has 0 aliphatic heterocycles. The average Bonchev–Trinajstić information content (AvgIpc) is 2.52. The molecule has 21 heavy (non-hydrogen) atoms. The first-order valence-electron chi connectivity index (χ1n) is 7.00. The van der Waals surface area contributed by atoms with E-state index in [2.05, 4.69) is 28.5 Å². The summed E-state index contributed by atoms with van der Waals surface area (Å²) in [5, 5.41) is 4.63. The standard InChI is InChI=1S/C18H18N2O/c1-13-11-14(15-7-3-4-8-16(15)20-13)12-19-17-9-5-6-10-18(17)21-2/h3-11,19H,12H2,1-2H3. The molecule has 2 aromatic carbocycles. The topological polar surface area (TPSA) is 34.1 Å². The molecule has 0 amide bonds. The number of aromatic nitrogens is 1. The first-order chi connectivity index (χ1) is 10.3. The molecule has 3 nitrogen and oxygen atoms in total. The van der Waals surface area contributed by atoms with Gasteiger partial charge in [0, 0.05) is 17.6 Å². The van der Waals surface area contributed by atoms with Crippen molar-refractivity contribution in [1.82, 2.24) is 4.98 Å². The predicted molar refractivity (Wildman–Crippen MR) is 86.8 cm³/mol. The van der Waals surface area contributed by atoms with Crippen LogP contribution in [0.25, 0.3) is 10.9 Å². The third-order valence-corrected chi connectivity index (χ3v) is 3.51. The van der Waals surface area contributed by atoms with Crippen LogP contribution in [0.5, 0.6) is 5.75 Å². The number of aryl methyl sites for hydroxylation is 1. The summed E-state index contributed by atoms with van der Waals surface area (Å²) in [6, 6.07) is 18.3. The van der Waals surface area contributed by atoms with Crippen LogP contribution in [0.2, 0.25) is 0 Å². The molecule has 106 valence electrons. The van der Waals surface area contributed by atoms with Crippen molar-refractivity contribution in [1.29, 1.82) is 0 Å². The Hall–Kier alpha value is -2.55. The minimum Gasteiger partial charge on any atom is -0.495 e. The second-order valence-electron chi connectivity index (χ2n) is 4.99. The summed E-state index contributed by atoms with van der Waals surface area (Å²) in [5.41, 5.74) is 4.31. The number of methoxy groups -OCH3 is 1. The zero-order valence-electron chi connectivity index (χ0n) is 12.3. The number of pyridine rings is 1. The number of benzene rings is 2. The molecule has 0 radical (unpaired) electrons. The summed E-state index contributed by atoms with van der Waals surface area (Å²) < 4.78 is 5.37. The van der Waals surface area contributed by atoms with Gasteiger partial charge in [-0.2, -0.15) is 0 Å². The van der Waals surface area contributed by atoms with E-state index in [1.54, 1.807) is 7.11 Å². The number of hydrogen-bond acceptors (Lipinski definition) is 3. The van der Waals surface area contributed by atoms with Crippen molar-refractivity contribution >= 4 is 16.6 Å². The maximum Gasteiger partial charge on any atom is 0.141 e. The minimum absolute atomic E-state index is 0.740. The molecule has 0 spiro atoms. The number of fused-ring (bicyclic) bond motifs is 1. The second-order valence-corrected chi connectivity index (χ2v) is 4.99. The molecule has 0 aliphatic rings. The Labute approximate surface area is 124 Å². The normalized spacial score (nSPS) is 10.6. The number of nitrogens with one attached hydrogen (secondary N) is 1. The molecular formula is C18H18N2O. The summed E-state index contributed by atoms with van der Waals surface area (Å²) in [5.74, 6) is 0.854. The number of para-hydroxylation sites is 3. The van der Waals surface area contributed by atoms with E-state index in [0.717, 1.165) is 29.2 Å².